The van der Waals surface area contributed by atoms with Crippen LogP contribution in [0.15, 0.2) is 30.3 Å². The maximum Gasteiger partial charge on any atom is 0.0431 e. The van der Waals surface area contributed by atoms with E-state index in [4.69, 9.17) is 5.11 Å². The van der Waals surface area contributed by atoms with E-state index in [-0.39, 0.29) is 0 Å². The van der Waals surface area contributed by atoms with Crippen molar-refractivity contribution in [2.24, 2.45) is 5.92 Å². The first-order valence-corrected chi connectivity index (χ1v) is 6.75. The highest BCUT2D eigenvalue weighted by Gasteiger charge is 2.18. The highest BCUT2D eigenvalue weighted by Crippen LogP contribution is 2.22. The second-order valence-corrected chi connectivity index (χ2v) is 5.07. The minimum atomic E-state index is 0.351. The first-order chi connectivity index (χ1) is 8.38. The second kappa shape index (κ2) is 6.77. The van der Waals surface area contributed by atoms with Gasteiger partial charge in [-0.15, -0.1) is 0 Å². The minimum Gasteiger partial charge on any atom is -0.396 e. The fraction of sp³-hybridized carbons (Fsp3) is 0.600. The summed E-state index contributed by atoms with van der Waals surface area (Å²) in [6.45, 7) is 3.87. The van der Waals surface area contributed by atoms with Crippen molar-refractivity contribution in [3.8, 4) is 0 Å². The molecule has 0 aliphatic carbocycles. The number of likely N-dealkylation sites (tertiary alicyclic amines) is 1. The number of aliphatic hydroxyl groups is 1. The van der Waals surface area contributed by atoms with Crippen molar-refractivity contribution in [1.82, 2.24) is 4.90 Å². The van der Waals surface area contributed by atoms with Crippen molar-refractivity contribution in [2.45, 2.75) is 32.2 Å². The van der Waals surface area contributed by atoms with Crippen molar-refractivity contribution in [2.75, 3.05) is 19.7 Å². The second-order valence-electron chi connectivity index (χ2n) is 5.07. The zero-order valence-electron chi connectivity index (χ0n) is 10.5. The smallest absolute Gasteiger partial charge is 0.0431 e. The maximum absolute atomic E-state index is 8.83. The molecule has 0 saturated carbocycles. The molecule has 2 rings (SSSR count). The summed E-state index contributed by atoms with van der Waals surface area (Å²) in [4.78, 5) is 2.55. The molecule has 94 valence electrons. The standard InChI is InChI=1S/C15H23NO/c17-12-4-7-14-8-10-16(11-9-14)13-15-5-2-1-3-6-15/h1-3,5-6,14,17H,4,7-13H2. The van der Waals surface area contributed by atoms with Gasteiger partial charge in [0.2, 0.25) is 0 Å². The van der Waals surface area contributed by atoms with E-state index in [1.165, 1.54) is 37.9 Å². The van der Waals surface area contributed by atoms with Crippen molar-refractivity contribution in [3.63, 3.8) is 0 Å². The molecule has 1 N–H and O–H groups in total. The van der Waals surface area contributed by atoms with Gasteiger partial charge in [-0.05, 0) is 50.3 Å². The average Bonchev–Trinajstić information content (AvgIpc) is 2.39. The van der Waals surface area contributed by atoms with Crippen LogP contribution in [0, 0.1) is 5.92 Å². The van der Waals surface area contributed by atoms with Gasteiger partial charge in [0.25, 0.3) is 0 Å². The first-order valence-electron chi connectivity index (χ1n) is 6.75. The van der Waals surface area contributed by atoms with E-state index in [1.807, 2.05) is 0 Å². The Labute approximate surface area is 104 Å². The summed E-state index contributed by atoms with van der Waals surface area (Å²) in [6, 6.07) is 10.7. The third-order valence-electron chi connectivity index (χ3n) is 3.73. The lowest BCUT2D eigenvalue weighted by Crippen LogP contribution is -2.33. The molecule has 1 heterocycles. The number of piperidine rings is 1. The van der Waals surface area contributed by atoms with Gasteiger partial charge >= 0.3 is 0 Å². The molecule has 1 fully saturated rings. The molecule has 1 saturated heterocycles. The number of hydrogen-bond acceptors (Lipinski definition) is 2. The monoisotopic (exact) mass is 233 g/mol. The van der Waals surface area contributed by atoms with Crippen LogP contribution < -0.4 is 0 Å². The summed E-state index contributed by atoms with van der Waals surface area (Å²) >= 11 is 0. The van der Waals surface area contributed by atoms with Crippen LogP contribution >= 0.6 is 0 Å². The predicted octanol–water partition coefficient (Wildman–Crippen LogP) is 2.67. The van der Waals surface area contributed by atoms with E-state index in [0.717, 1.165) is 18.9 Å². The largest absolute Gasteiger partial charge is 0.396 e. The molecule has 2 nitrogen and oxygen atoms in total. The molecule has 0 atom stereocenters. The molecule has 0 aromatic heterocycles. The molecule has 2 heteroatoms. The Morgan fingerprint density at radius 2 is 1.82 bits per heavy atom. The lowest BCUT2D eigenvalue weighted by Gasteiger charge is -2.31. The van der Waals surface area contributed by atoms with Crippen molar-refractivity contribution in [1.29, 1.82) is 0 Å². The van der Waals surface area contributed by atoms with Gasteiger partial charge in [-0.25, -0.2) is 0 Å². The molecule has 17 heavy (non-hydrogen) atoms. The number of nitrogens with zero attached hydrogens (tertiary/aromatic N) is 1. The molecule has 1 aliphatic rings. The molecule has 0 bridgehead atoms. The fourth-order valence-electron chi connectivity index (χ4n) is 2.65. The normalized spacial score (nSPS) is 18.4. The van der Waals surface area contributed by atoms with E-state index in [1.54, 1.807) is 0 Å². The molecule has 1 aromatic rings. The molecular formula is C15H23NO. The summed E-state index contributed by atoms with van der Waals surface area (Å²) in [5.41, 5.74) is 1.42. The van der Waals surface area contributed by atoms with Crippen LogP contribution in [-0.2, 0) is 6.54 Å². The Bertz CT molecular complexity index is 304. The first kappa shape index (κ1) is 12.6. The van der Waals surface area contributed by atoms with E-state index < -0.39 is 0 Å². The van der Waals surface area contributed by atoms with Gasteiger partial charge in [-0.1, -0.05) is 30.3 Å². The van der Waals surface area contributed by atoms with Gasteiger partial charge in [0.1, 0.15) is 0 Å². The highest BCUT2D eigenvalue weighted by molar-refractivity contribution is 5.14. The van der Waals surface area contributed by atoms with Crippen LogP contribution in [0.4, 0.5) is 0 Å². The lowest BCUT2D eigenvalue weighted by molar-refractivity contribution is 0.164. The van der Waals surface area contributed by atoms with Crippen LogP contribution in [0.3, 0.4) is 0 Å². The van der Waals surface area contributed by atoms with Crippen LogP contribution in [-0.4, -0.2) is 29.7 Å². The van der Waals surface area contributed by atoms with Gasteiger partial charge in [-0.2, -0.15) is 0 Å². The zero-order valence-corrected chi connectivity index (χ0v) is 10.5. The van der Waals surface area contributed by atoms with Crippen LogP contribution in [0.5, 0.6) is 0 Å². The summed E-state index contributed by atoms with van der Waals surface area (Å²) in [5.74, 6) is 0.842. The molecule has 0 unspecified atom stereocenters. The summed E-state index contributed by atoms with van der Waals surface area (Å²) in [7, 11) is 0. The van der Waals surface area contributed by atoms with Gasteiger partial charge in [0.15, 0.2) is 0 Å². The van der Waals surface area contributed by atoms with E-state index >= 15 is 0 Å². The minimum absolute atomic E-state index is 0.351. The molecular weight excluding hydrogens is 210 g/mol. The van der Waals surface area contributed by atoms with E-state index in [9.17, 15) is 0 Å². The van der Waals surface area contributed by atoms with Crippen molar-refractivity contribution in [3.05, 3.63) is 35.9 Å². The predicted molar refractivity (Wildman–Crippen MR) is 70.8 cm³/mol. The Morgan fingerprint density at radius 3 is 2.47 bits per heavy atom. The van der Waals surface area contributed by atoms with E-state index in [2.05, 4.69) is 35.2 Å². The number of aliphatic hydroxyl groups excluding tert-OH is 1. The van der Waals surface area contributed by atoms with Gasteiger partial charge in [0, 0.05) is 13.2 Å². The van der Waals surface area contributed by atoms with Crippen molar-refractivity contribution >= 4 is 0 Å². The van der Waals surface area contributed by atoms with Crippen molar-refractivity contribution < 1.29 is 5.11 Å². The number of rotatable bonds is 5. The summed E-state index contributed by atoms with van der Waals surface area (Å²) in [6.07, 6.45) is 4.78. The Hall–Kier alpha value is -0.860. The molecule has 1 aliphatic heterocycles. The fourth-order valence-corrected chi connectivity index (χ4v) is 2.65. The topological polar surface area (TPSA) is 23.5 Å². The van der Waals surface area contributed by atoms with Gasteiger partial charge in [0.05, 0.1) is 0 Å². The Morgan fingerprint density at radius 1 is 1.12 bits per heavy atom. The van der Waals surface area contributed by atoms with E-state index in [0.29, 0.717) is 6.61 Å². The molecule has 1 aromatic carbocycles. The molecule has 0 radical (unpaired) electrons. The number of benzene rings is 1. The third-order valence-corrected chi connectivity index (χ3v) is 3.73. The third kappa shape index (κ3) is 4.14. The zero-order chi connectivity index (χ0) is 11.9. The van der Waals surface area contributed by atoms with Gasteiger partial charge < -0.3 is 5.11 Å². The highest BCUT2D eigenvalue weighted by atomic mass is 16.2. The quantitative estimate of drug-likeness (QED) is 0.845. The summed E-state index contributed by atoms with van der Waals surface area (Å²) < 4.78 is 0. The van der Waals surface area contributed by atoms with Crippen LogP contribution in [0.2, 0.25) is 0 Å². The SMILES string of the molecule is OCCCC1CCN(Cc2ccccc2)CC1. The van der Waals surface area contributed by atoms with Crippen LogP contribution in [0.1, 0.15) is 31.2 Å². The number of hydrogen-bond donors (Lipinski definition) is 1. The van der Waals surface area contributed by atoms with Gasteiger partial charge in [-0.3, -0.25) is 4.90 Å². The van der Waals surface area contributed by atoms with Crippen LogP contribution in [0.25, 0.3) is 0 Å². The molecule has 0 spiro atoms. The molecule has 0 amide bonds. The maximum atomic E-state index is 8.83. The lowest BCUT2D eigenvalue weighted by atomic mass is 9.92. The Kier molecular flexibility index (Phi) is 5.02. The Balaban J connectivity index is 1.72. The average molecular weight is 233 g/mol. The summed E-state index contributed by atoms with van der Waals surface area (Å²) in [5, 5.41) is 8.83.